The molecule has 1 aliphatic rings. The van der Waals surface area contributed by atoms with Gasteiger partial charge in [-0.05, 0) is 79.1 Å². The summed E-state index contributed by atoms with van der Waals surface area (Å²) in [5.74, 6) is 3.09. The molecule has 3 aromatic carbocycles. The number of nitrogens with zero attached hydrogens (tertiary/aromatic N) is 4. The minimum atomic E-state index is 0.671. The molecule has 0 unspecified atom stereocenters. The van der Waals surface area contributed by atoms with Gasteiger partial charge in [-0.15, -0.1) is 0 Å². The standard InChI is InChI=1S/C30H38N6S/c1-35(2)27-13-7-11-24-23(27)10-8-14-28(24)37-32-20-22-17-15-21(16-18-22)19-31-30-33-26-12-6-5-9-25(26)29(34-30)36(3)4/h5-14,21-22,32H,15-20H2,1-4H3,(H,31,33,34). The van der Waals surface area contributed by atoms with Gasteiger partial charge in [-0.3, -0.25) is 4.72 Å². The van der Waals surface area contributed by atoms with E-state index in [1.165, 1.54) is 47.0 Å². The van der Waals surface area contributed by atoms with E-state index in [1.807, 2.05) is 26.2 Å². The first-order valence-electron chi connectivity index (χ1n) is 13.3. The van der Waals surface area contributed by atoms with Crippen molar-refractivity contribution in [3.8, 4) is 0 Å². The number of aromatic nitrogens is 2. The highest BCUT2D eigenvalue weighted by molar-refractivity contribution is 7.97. The van der Waals surface area contributed by atoms with E-state index in [4.69, 9.17) is 9.97 Å². The summed E-state index contributed by atoms with van der Waals surface area (Å²) in [5.41, 5.74) is 2.25. The second-order valence-corrected chi connectivity index (χ2v) is 11.5. The summed E-state index contributed by atoms with van der Waals surface area (Å²) >= 11 is 1.78. The molecule has 0 radical (unpaired) electrons. The molecule has 0 aliphatic heterocycles. The molecule has 0 bridgehead atoms. The molecule has 2 N–H and O–H groups in total. The lowest BCUT2D eigenvalue weighted by Crippen LogP contribution is -2.26. The Morgan fingerprint density at radius 1 is 0.730 bits per heavy atom. The summed E-state index contributed by atoms with van der Waals surface area (Å²) in [5, 5.41) is 7.25. The first-order chi connectivity index (χ1) is 18.0. The zero-order chi connectivity index (χ0) is 25.8. The van der Waals surface area contributed by atoms with Gasteiger partial charge in [0.1, 0.15) is 5.82 Å². The topological polar surface area (TPSA) is 56.3 Å². The molecule has 1 saturated carbocycles. The van der Waals surface area contributed by atoms with Crippen LogP contribution in [0.5, 0.6) is 0 Å². The summed E-state index contributed by atoms with van der Waals surface area (Å²) in [6.07, 6.45) is 5.03. The summed E-state index contributed by atoms with van der Waals surface area (Å²) < 4.78 is 3.68. The van der Waals surface area contributed by atoms with E-state index in [2.05, 4.69) is 82.5 Å². The molecule has 0 amide bonds. The summed E-state index contributed by atoms with van der Waals surface area (Å²) in [7, 11) is 8.28. The van der Waals surface area contributed by atoms with Crippen LogP contribution in [0.25, 0.3) is 21.7 Å². The Balaban J connectivity index is 1.11. The maximum absolute atomic E-state index is 4.79. The van der Waals surface area contributed by atoms with E-state index >= 15 is 0 Å². The molecule has 1 heterocycles. The van der Waals surface area contributed by atoms with E-state index in [-0.39, 0.29) is 0 Å². The van der Waals surface area contributed by atoms with Crippen molar-refractivity contribution < 1.29 is 0 Å². The molecule has 0 saturated heterocycles. The molecule has 194 valence electrons. The minimum Gasteiger partial charge on any atom is -0.377 e. The highest BCUT2D eigenvalue weighted by atomic mass is 32.2. The van der Waals surface area contributed by atoms with Crippen LogP contribution in [0.15, 0.2) is 65.6 Å². The number of hydrogen-bond acceptors (Lipinski definition) is 7. The fourth-order valence-corrected chi connectivity index (χ4v) is 6.25. The van der Waals surface area contributed by atoms with E-state index < -0.39 is 0 Å². The van der Waals surface area contributed by atoms with E-state index in [1.54, 1.807) is 11.9 Å². The van der Waals surface area contributed by atoms with Crippen LogP contribution in [0, 0.1) is 11.8 Å². The Morgan fingerprint density at radius 3 is 2.16 bits per heavy atom. The Morgan fingerprint density at radius 2 is 1.41 bits per heavy atom. The van der Waals surface area contributed by atoms with Crippen LogP contribution < -0.4 is 19.8 Å². The number of hydrogen-bond donors (Lipinski definition) is 2. The molecule has 1 aliphatic carbocycles. The summed E-state index contributed by atoms with van der Waals surface area (Å²) in [4.78, 5) is 15.1. The van der Waals surface area contributed by atoms with Gasteiger partial charge in [-0.1, -0.05) is 36.4 Å². The van der Waals surface area contributed by atoms with Crippen LogP contribution in [-0.4, -0.2) is 51.2 Å². The van der Waals surface area contributed by atoms with Gasteiger partial charge < -0.3 is 15.1 Å². The van der Waals surface area contributed by atoms with Crippen LogP contribution in [-0.2, 0) is 0 Å². The molecule has 1 fully saturated rings. The summed E-state index contributed by atoms with van der Waals surface area (Å²) in [6.45, 7) is 1.98. The Bertz CT molecular complexity index is 1350. The third-order valence-electron chi connectivity index (χ3n) is 7.42. The number of para-hydroxylation sites is 1. The molecule has 5 rings (SSSR count). The van der Waals surface area contributed by atoms with Crippen molar-refractivity contribution in [2.45, 2.75) is 30.6 Å². The molecule has 6 nitrogen and oxygen atoms in total. The zero-order valence-corrected chi connectivity index (χ0v) is 23.2. The van der Waals surface area contributed by atoms with Gasteiger partial charge in [-0.2, -0.15) is 4.98 Å². The van der Waals surface area contributed by atoms with Crippen LogP contribution in [0.4, 0.5) is 17.5 Å². The minimum absolute atomic E-state index is 0.671. The predicted molar refractivity (Wildman–Crippen MR) is 160 cm³/mol. The molecule has 0 atom stereocenters. The summed E-state index contributed by atoms with van der Waals surface area (Å²) in [6, 6.07) is 21.4. The normalized spacial score (nSPS) is 17.7. The third kappa shape index (κ3) is 5.94. The smallest absolute Gasteiger partial charge is 0.225 e. The van der Waals surface area contributed by atoms with Crippen LogP contribution in [0.1, 0.15) is 25.7 Å². The second-order valence-electron chi connectivity index (χ2n) is 10.5. The SMILES string of the molecule is CN(C)c1nc(NCC2CCC(CNSc3cccc4c(N(C)C)cccc34)CC2)nc2ccccc12. The van der Waals surface area contributed by atoms with Crippen molar-refractivity contribution in [3.05, 3.63) is 60.7 Å². The van der Waals surface area contributed by atoms with Gasteiger partial charge in [0.25, 0.3) is 0 Å². The molecule has 37 heavy (non-hydrogen) atoms. The van der Waals surface area contributed by atoms with Crippen LogP contribution in [0.3, 0.4) is 0 Å². The molecule has 4 aromatic rings. The quantitative estimate of drug-likeness (QED) is 0.250. The van der Waals surface area contributed by atoms with Gasteiger partial charge in [0, 0.05) is 62.6 Å². The van der Waals surface area contributed by atoms with E-state index in [0.29, 0.717) is 5.92 Å². The first-order valence-corrected chi connectivity index (χ1v) is 14.1. The van der Waals surface area contributed by atoms with E-state index in [9.17, 15) is 0 Å². The fourth-order valence-electron chi connectivity index (χ4n) is 5.34. The van der Waals surface area contributed by atoms with Crippen molar-refractivity contribution in [1.82, 2.24) is 14.7 Å². The molecular weight excluding hydrogens is 476 g/mol. The van der Waals surface area contributed by atoms with Gasteiger partial charge in [-0.25, -0.2) is 4.98 Å². The van der Waals surface area contributed by atoms with Crippen LogP contribution in [0.2, 0.25) is 0 Å². The van der Waals surface area contributed by atoms with Crippen LogP contribution >= 0.6 is 11.9 Å². The maximum Gasteiger partial charge on any atom is 0.225 e. The number of nitrogens with one attached hydrogen (secondary N) is 2. The second kappa shape index (κ2) is 11.6. The Hall–Kier alpha value is -3.03. The number of anilines is 3. The average molecular weight is 515 g/mol. The highest BCUT2D eigenvalue weighted by Crippen LogP contribution is 2.33. The van der Waals surface area contributed by atoms with Gasteiger partial charge in [0.2, 0.25) is 5.95 Å². The highest BCUT2D eigenvalue weighted by Gasteiger charge is 2.21. The zero-order valence-electron chi connectivity index (χ0n) is 22.4. The number of rotatable bonds is 9. The molecule has 7 heteroatoms. The Labute approximate surface area is 225 Å². The lowest BCUT2D eigenvalue weighted by Gasteiger charge is -2.29. The Kier molecular flexibility index (Phi) is 8.01. The van der Waals surface area contributed by atoms with Crippen molar-refractivity contribution in [2.24, 2.45) is 11.8 Å². The van der Waals surface area contributed by atoms with Crippen molar-refractivity contribution in [3.63, 3.8) is 0 Å². The largest absolute Gasteiger partial charge is 0.377 e. The van der Waals surface area contributed by atoms with Gasteiger partial charge in [0.15, 0.2) is 0 Å². The molecule has 0 spiro atoms. The average Bonchev–Trinajstić information content (AvgIpc) is 2.91. The number of benzene rings is 3. The van der Waals surface area contributed by atoms with Crippen molar-refractivity contribution in [2.75, 3.05) is 56.4 Å². The van der Waals surface area contributed by atoms with E-state index in [0.717, 1.165) is 41.7 Å². The molecular formula is C30H38N6S. The lowest BCUT2D eigenvalue weighted by atomic mass is 9.82. The van der Waals surface area contributed by atoms with Gasteiger partial charge in [0.05, 0.1) is 5.52 Å². The van der Waals surface area contributed by atoms with Gasteiger partial charge >= 0.3 is 0 Å². The third-order valence-corrected chi connectivity index (χ3v) is 8.30. The lowest BCUT2D eigenvalue weighted by molar-refractivity contribution is 0.285. The number of fused-ring (bicyclic) bond motifs is 2. The van der Waals surface area contributed by atoms with Crippen molar-refractivity contribution in [1.29, 1.82) is 0 Å². The first kappa shape index (κ1) is 25.6. The predicted octanol–water partition coefficient (Wildman–Crippen LogP) is 6.43. The monoisotopic (exact) mass is 514 g/mol. The maximum atomic E-state index is 4.79. The molecule has 1 aromatic heterocycles. The van der Waals surface area contributed by atoms with Crippen molar-refractivity contribution >= 4 is 51.1 Å². The fraction of sp³-hybridized carbons (Fsp3) is 0.400.